The summed E-state index contributed by atoms with van der Waals surface area (Å²) in [4.78, 5) is 16.2. The largest absolute Gasteiger partial charge is 0.465 e. The van der Waals surface area contributed by atoms with Crippen LogP contribution in [0.2, 0.25) is 0 Å². The molecule has 0 bridgehead atoms. The lowest BCUT2D eigenvalue weighted by Gasteiger charge is -2.00. The molecule has 2 N–H and O–H groups in total. The number of nitrogens with two attached hydrogens (primary N) is 1. The zero-order valence-corrected chi connectivity index (χ0v) is 9.45. The first-order valence-electron chi connectivity index (χ1n) is 4.61. The molecule has 0 saturated heterocycles. The van der Waals surface area contributed by atoms with Gasteiger partial charge in [-0.05, 0) is 17.7 Å². The summed E-state index contributed by atoms with van der Waals surface area (Å²) in [6.45, 7) is 0. The third-order valence-electron chi connectivity index (χ3n) is 2.11. The molecule has 0 unspecified atom stereocenters. The van der Waals surface area contributed by atoms with Gasteiger partial charge in [-0.25, -0.2) is 9.78 Å². The molecule has 16 heavy (non-hydrogen) atoms. The van der Waals surface area contributed by atoms with Gasteiger partial charge < -0.3 is 10.5 Å². The quantitative estimate of drug-likeness (QED) is 0.809. The molecule has 1 heterocycles. The van der Waals surface area contributed by atoms with E-state index in [1.165, 1.54) is 18.4 Å². The van der Waals surface area contributed by atoms with Gasteiger partial charge in [0.1, 0.15) is 0 Å². The maximum Gasteiger partial charge on any atom is 0.337 e. The zero-order chi connectivity index (χ0) is 11.5. The predicted molar refractivity (Wildman–Crippen MR) is 63.3 cm³/mol. The number of ether oxygens (including phenoxy) is 1. The monoisotopic (exact) mass is 234 g/mol. The Morgan fingerprint density at radius 2 is 2.06 bits per heavy atom. The van der Waals surface area contributed by atoms with Crippen molar-refractivity contribution in [3.05, 3.63) is 36.0 Å². The van der Waals surface area contributed by atoms with Gasteiger partial charge in [0.2, 0.25) is 0 Å². The van der Waals surface area contributed by atoms with Crippen LogP contribution >= 0.6 is 11.3 Å². The van der Waals surface area contributed by atoms with Crippen LogP contribution in [0.1, 0.15) is 10.4 Å². The number of aromatic nitrogens is 1. The second kappa shape index (κ2) is 4.32. The Hall–Kier alpha value is -1.88. The number of nitrogen functional groups attached to an aromatic ring is 1. The Bertz CT molecular complexity index is 505. The Morgan fingerprint density at radius 1 is 1.38 bits per heavy atom. The van der Waals surface area contributed by atoms with Crippen molar-refractivity contribution in [1.82, 2.24) is 4.98 Å². The molecule has 1 aromatic heterocycles. The Balaban J connectivity index is 2.29. The van der Waals surface area contributed by atoms with Crippen LogP contribution in [-0.4, -0.2) is 18.1 Å². The Morgan fingerprint density at radius 3 is 2.56 bits per heavy atom. The molecule has 82 valence electrons. The lowest BCUT2D eigenvalue weighted by molar-refractivity contribution is 0.0601. The third kappa shape index (κ3) is 2.04. The molecule has 0 aliphatic rings. The van der Waals surface area contributed by atoms with E-state index in [1.54, 1.807) is 18.3 Å². The predicted octanol–water partition coefficient (Wildman–Crippen LogP) is 2.18. The third-order valence-corrected chi connectivity index (χ3v) is 2.99. The van der Waals surface area contributed by atoms with Crippen LogP contribution in [0.3, 0.4) is 0 Å². The molecule has 0 amide bonds. The first kappa shape index (κ1) is 10.6. The number of anilines is 1. The van der Waals surface area contributed by atoms with Gasteiger partial charge >= 0.3 is 5.97 Å². The average molecular weight is 234 g/mol. The molecular weight excluding hydrogens is 224 g/mol. The number of nitrogens with zero attached hydrogens (tertiary/aromatic N) is 1. The summed E-state index contributed by atoms with van der Waals surface area (Å²) in [5.41, 5.74) is 7.07. The Labute approximate surface area is 96.7 Å². The maximum atomic E-state index is 11.2. The normalized spacial score (nSPS) is 10.1. The minimum absolute atomic E-state index is 0.338. The number of hydrogen-bond acceptors (Lipinski definition) is 5. The summed E-state index contributed by atoms with van der Waals surface area (Å²) < 4.78 is 4.62. The van der Waals surface area contributed by atoms with Gasteiger partial charge in [-0.1, -0.05) is 23.5 Å². The number of benzene rings is 1. The van der Waals surface area contributed by atoms with Gasteiger partial charge in [-0.2, -0.15) is 0 Å². The molecule has 0 atom stereocenters. The van der Waals surface area contributed by atoms with E-state index in [0.717, 1.165) is 10.4 Å². The van der Waals surface area contributed by atoms with Gasteiger partial charge in [-0.3, -0.25) is 0 Å². The number of carbonyl (C=O) groups excluding carboxylic acids is 1. The number of methoxy groups -OCH3 is 1. The topological polar surface area (TPSA) is 65.2 Å². The molecule has 1 aromatic carbocycles. The van der Waals surface area contributed by atoms with Crippen LogP contribution in [0.5, 0.6) is 0 Å². The number of carbonyl (C=O) groups is 1. The van der Waals surface area contributed by atoms with E-state index in [9.17, 15) is 4.79 Å². The van der Waals surface area contributed by atoms with Crippen LogP contribution in [0, 0.1) is 0 Å². The van der Waals surface area contributed by atoms with E-state index in [2.05, 4.69) is 9.72 Å². The number of esters is 1. The average Bonchev–Trinajstić information content (AvgIpc) is 2.75. The van der Waals surface area contributed by atoms with Crippen molar-refractivity contribution in [1.29, 1.82) is 0 Å². The van der Waals surface area contributed by atoms with E-state index in [-0.39, 0.29) is 5.97 Å². The fourth-order valence-corrected chi connectivity index (χ4v) is 2.00. The standard InChI is InChI=1S/C11H10N2O2S/c1-15-10(14)8-4-2-7(3-5-8)9-6-13-11(12)16-9/h2-6H,1H3,(H2,12,13). The van der Waals surface area contributed by atoms with Crippen molar-refractivity contribution >= 4 is 22.4 Å². The van der Waals surface area contributed by atoms with Crippen molar-refractivity contribution < 1.29 is 9.53 Å². The summed E-state index contributed by atoms with van der Waals surface area (Å²) in [6.07, 6.45) is 1.72. The van der Waals surface area contributed by atoms with Gasteiger partial charge in [0.25, 0.3) is 0 Å². The molecule has 0 spiro atoms. The summed E-state index contributed by atoms with van der Waals surface area (Å²) in [7, 11) is 1.36. The summed E-state index contributed by atoms with van der Waals surface area (Å²) in [5, 5.41) is 0.534. The van der Waals surface area contributed by atoms with Gasteiger partial charge in [0, 0.05) is 6.20 Å². The molecule has 2 aromatic rings. The number of rotatable bonds is 2. The smallest absolute Gasteiger partial charge is 0.337 e. The highest BCUT2D eigenvalue weighted by Crippen LogP contribution is 2.27. The fraction of sp³-hybridized carbons (Fsp3) is 0.0909. The van der Waals surface area contributed by atoms with Crippen molar-refractivity contribution in [2.75, 3.05) is 12.8 Å². The molecule has 0 radical (unpaired) electrons. The summed E-state index contributed by atoms with van der Waals surface area (Å²) >= 11 is 1.41. The molecule has 0 saturated carbocycles. The van der Waals surface area contributed by atoms with E-state index in [0.29, 0.717) is 10.7 Å². The molecule has 0 fully saturated rings. The highest BCUT2D eigenvalue weighted by molar-refractivity contribution is 7.18. The van der Waals surface area contributed by atoms with E-state index in [4.69, 9.17) is 5.73 Å². The van der Waals surface area contributed by atoms with E-state index < -0.39 is 0 Å². The van der Waals surface area contributed by atoms with E-state index in [1.807, 2.05) is 12.1 Å². The molecule has 0 aliphatic heterocycles. The minimum atomic E-state index is -0.338. The highest BCUT2D eigenvalue weighted by atomic mass is 32.1. The van der Waals surface area contributed by atoms with Gasteiger partial charge in [0.05, 0.1) is 17.6 Å². The number of thiazole rings is 1. The lowest BCUT2D eigenvalue weighted by Crippen LogP contribution is -2.00. The summed E-state index contributed by atoms with van der Waals surface area (Å²) in [5.74, 6) is -0.338. The maximum absolute atomic E-state index is 11.2. The molecule has 4 nitrogen and oxygen atoms in total. The van der Waals surface area contributed by atoms with Crippen molar-refractivity contribution in [2.45, 2.75) is 0 Å². The first-order chi connectivity index (χ1) is 7.70. The second-order valence-corrected chi connectivity index (χ2v) is 4.19. The minimum Gasteiger partial charge on any atom is -0.465 e. The van der Waals surface area contributed by atoms with Crippen molar-refractivity contribution in [3.8, 4) is 10.4 Å². The van der Waals surface area contributed by atoms with Crippen LogP contribution in [-0.2, 0) is 4.74 Å². The van der Waals surface area contributed by atoms with Crippen molar-refractivity contribution in [2.24, 2.45) is 0 Å². The molecule has 5 heteroatoms. The first-order valence-corrected chi connectivity index (χ1v) is 5.42. The molecule has 0 aliphatic carbocycles. The van der Waals surface area contributed by atoms with Crippen molar-refractivity contribution in [3.63, 3.8) is 0 Å². The van der Waals surface area contributed by atoms with Gasteiger partial charge in [-0.15, -0.1) is 0 Å². The SMILES string of the molecule is COC(=O)c1ccc(-c2cnc(N)s2)cc1. The number of hydrogen-bond donors (Lipinski definition) is 1. The highest BCUT2D eigenvalue weighted by Gasteiger charge is 2.06. The fourth-order valence-electron chi connectivity index (χ4n) is 1.31. The second-order valence-electron chi connectivity index (χ2n) is 3.13. The Kier molecular flexibility index (Phi) is 2.87. The van der Waals surface area contributed by atoms with Crippen LogP contribution in [0.4, 0.5) is 5.13 Å². The van der Waals surface area contributed by atoms with Crippen LogP contribution in [0.15, 0.2) is 30.5 Å². The van der Waals surface area contributed by atoms with E-state index >= 15 is 0 Å². The van der Waals surface area contributed by atoms with Crippen LogP contribution < -0.4 is 5.73 Å². The van der Waals surface area contributed by atoms with Gasteiger partial charge in [0.15, 0.2) is 5.13 Å². The molecular formula is C11H10N2O2S. The van der Waals surface area contributed by atoms with Crippen LogP contribution in [0.25, 0.3) is 10.4 Å². The summed E-state index contributed by atoms with van der Waals surface area (Å²) in [6, 6.07) is 7.13. The molecule has 2 rings (SSSR count). The lowest BCUT2D eigenvalue weighted by atomic mass is 10.1. The zero-order valence-electron chi connectivity index (χ0n) is 8.64.